The summed E-state index contributed by atoms with van der Waals surface area (Å²) in [6, 6.07) is 0.710. The monoisotopic (exact) mass is 243 g/mol. The van der Waals surface area contributed by atoms with Crippen molar-refractivity contribution >= 4 is 0 Å². The molecule has 0 aliphatic rings. The molecule has 0 aromatic rings. The molecule has 2 nitrogen and oxygen atoms in total. The second-order valence-electron chi connectivity index (χ2n) is 4.95. The fraction of sp³-hybridized carbons (Fsp3) is 1.00. The minimum atomic E-state index is 0.710. The van der Waals surface area contributed by atoms with Crippen LogP contribution in [-0.2, 0) is 4.74 Å². The molecule has 17 heavy (non-hydrogen) atoms. The highest BCUT2D eigenvalue weighted by Crippen LogP contribution is 2.11. The molecule has 0 rings (SSSR count). The Bertz CT molecular complexity index is 139. The molecule has 2 heteroatoms. The SMILES string of the molecule is CCCCCCCCC(CCCOC)NCC. The minimum Gasteiger partial charge on any atom is -0.385 e. The molecule has 0 amide bonds. The zero-order valence-electron chi connectivity index (χ0n) is 12.3. The lowest BCUT2D eigenvalue weighted by Crippen LogP contribution is -2.29. The lowest BCUT2D eigenvalue weighted by molar-refractivity contribution is 0.188. The molecule has 1 unspecified atom stereocenters. The molecule has 1 N–H and O–H groups in total. The Morgan fingerprint density at radius 2 is 1.53 bits per heavy atom. The summed E-state index contributed by atoms with van der Waals surface area (Å²) in [6.07, 6.45) is 12.2. The van der Waals surface area contributed by atoms with Gasteiger partial charge in [-0.1, -0.05) is 52.4 Å². The Kier molecular flexibility index (Phi) is 13.9. The second-order valence-corrected chi connectivity index (χ2v) is 4.95. The van der Waals surface area contributed by atoms with E-state index in [4.69, 9.17) is 4.74 Å². The highest BCUT2D eigenvalue weighted by molar-refractivity contribution is 4.66. The maximum absolute atomic E-state index is 5.11. The zero-order valence-corrected chi connectivity index (χ0v) is 12.3. The fourth-order valence-electron chi connectivity index (χ4n) is 2.28. The molecule has 1 atom stereocenters. The number of hydrogen-bond donors (Lipinski definition) is 1. The van der Waals surface area contributed by atoms with E-state index in [0.717, 1.165) is 13.2 Å². The van der Waals surface area contributed by atoms with Gasteiger partial charge in [0.2, 0.25) is 0 Å². The molecule has 0 aliphatic carbocycles. The Hall–Kier alpha value is -0.0800. The number of hydrogen-bond acceptors (Lipinski definition) is 2. The molecule has 0 saturated heterocycles. The van der Waals surface area contributed by atoms with Gasteiger partial charge in [0.05, 0.1) is 0 Å². The van der Waals surface area contributed by atoms with Gasteiger partial charge in [-0.3, -0.25) is 0 Å². The third-order valence-corrected chi connectivity index (χ3v) is 3.30. The number of ether oxygens (including phenoxy) is 1. The molecule has 0 spiro atoms. The third kappa shape index (κ3) is 12.2. The molecule has 0 bridgehead atoms. The first-order valence-electron chi connectivity index (χ1n) is 7.57. The van der Waals surface area contributed by atoms with Crippen LogP contribution >= 0.6 is 0 Å². The van der Waals surface area contributed by atoms with Crippen LogP contribution in [0, 0.1) is 0 Å². The summed E-state index contributed by atoms with van der Waals surface area (Å²) in [6.45, 7) is 6.47. The third-order valence-electron chi connectivity index (χ3n) is 3.30. The predicted octanol–water partition coefficient (Wildman–Crippen LogP) is 4.14. The van der Waals surface area contributed by atoms with E-state index in [-0.39, 0.29) is 0 Å². The fourth-order valence-corrected chi connectivity index (χ4v) is 2.28. The summed E-state index contributed by atoms with van der Waals surface area (Å²) in [5.41, 5.74) is 0. The van der Waals surface area contributed by atoms with Gasteiger partial charge in [0, 0.05) is 19.8 Å². The van der Waals surface area contributed by atoms with E-state index >= 15 is 0 Å². The van der Waals surface area contributed by atoms with Crippen LogP contribution in [0.25, 0.3) is 0 Å². The zero-order chi connectivity index (χ0) is 12.8. The number of unbranched alkanes of at least 4 members (excludes halogenated alkanes) is 5. The van der Waals surface area contributed by atoms with Crippen LogP contribution in [-0.4, -0.2) is 26.3 Å². The molecule has 104 valence electrons. The van der Waals surface area contributed by atoms with Crippen molar-refractivity contribution in [3.8, 4) is 0 Å². The number of rotatable bonds is 13. The van der Waals surface area contributed by atoms with Crippen molar-refractivity contribution < 1.29 is 4.74 Å². The first-order chi connectivity index (χ1) is 8.35. The van der Waals surface area contributed by atoms with Crippen LogP contribution in [0.3, 0.4) is 0 Å². The number of nitrogens with one attached hydrogen (secondary N) is 1. The average Bonchev–Trinajstić information content (AvgIpc) is 2.34. The van der Waals surface area contributed by atoms with Crippen molar-refractivity contribution in [1.82, 2.24) is 5.32 Å². The second kappa shape index (κ2) is 14.0. The van der Waals surface area contributed by atoms with Crippen LogP contribution in [0.4, 0.5) is 0 Å². The molecular weight excluding hydrogens is 210 g/mol. The van der Waals surface area contributed by atoms with E-state index in [1.165, 1.54) is 57.8 Å². The largest absolute Gasteiger partial charge is 0.385 e. The molecule has 0 heterocycles. The van der Waals surface area contributed by atoms with Gasteiger partial charge in [-0.2, -0.15) is 0 Å². The predicted molar refractivity (Wildman–Crippen MR) is 76.6 cm³/mol. The summed E-state index contributed by atoms with van der Waals surface area (Å²) in [5, 5.41) is 3.59. The Labute approximate surface area is 109 Å². The molecule has 0 fully saturated rings. The van der Waals surface area contributed by atoms with Crippen molar-refractivity contribution in [2.24, 2.45) is 0 Å². The molecule has 0 radical (unpaired) electrons. The van der Waals surface area contributed by atoms with Gasteiger partial charge in [-0.05, 0) is 25.8 Å². The summed E-state index contributed by atoms with van der Waals surface area (Å²) in [7, 11) is 1.79. The van der Waals surface area contributed by atoms with Crippen LogP contribution < -0.4 is 5.32 Å². The summed E-state index contributed by atoms with van der Waals surface area (Å²) in [5.74, 6) is 0. The normalized spacial score (nSPS) is 12.9. The Morgan fingerprint density at radius 1 is 0.882 bits per heavy atom. The first-order valence-corrected chi connectivity index (χ1v) is 7.57. The van der Waals surface area contributed by atoms with Crippen LogP contribution in [0.1, 0.15) is 71.6 Å². The van der Waals surface area contributed by atoms with E-state index in [9.17, 15) is 0 Å². The van der Waals surface area contributed by atoms with Crippen molar-refractivity contribution in [3.63, 3.8) is 0 Å². The van der Waals surface area contributed by atoms with Gasteiger partial charge < -0.3 is 10.1 Å². The molecule has 0 aliphatic heterocycles. The quantitative estimate of drug-likeness (QED) is 0.491. The molecule has 0 aromatic heterocycles. The maximum atomic E-state index is 5.11. The standard InChI is InChI=1S/C15H33NO/c1-4-6-7-8-9-10-12-15(16-5-2)13-11-14-17-3/h15-16H,4-14H2,1-3H3. The van der Waals surface area contributed by atoms with E-state index in [0.29, 0.717) is 6.04 Å². The summed E-state index contributed by atoms with van der Waals surface area (Å²) in [4.78, 5) is 0. The lowest BCUT2D eigenvalue weighted by atomic mass is 10.0. The van der Waals surface area contributed by atoms with Gasteiger partial charge in [-0.25, -0.2) is 0 Å². The van der Waals surface area contributed by atoms with Gasteiger partial charge in [0.1, 0.15) is 0 Å². The van der Waals surface area contributed by atoms with Gasteiger partial charge in [0.15, 0.2) is 0 Å². The van der Waals surface area contributed by atoms with E-state index in [1.54, 1.807) is 7.11 Å². The van der Waals surface area contributed by atoms with E-state index < -0.39 is 0 Å². The van der Waals surface area contributed by atoms with E-state index in [1.807, 2.05) is 0 Å². The highest BCUT2D eigenvalue weighted by atomic mass is 16.5. The van der Waals surface area contributed by atoms with Gasteiger partial charge in [-0.15, -0.1) is 0 Å². The number of methoxy groups -OCH3 is 1. The molecular formula is C15H33NO. The minimum absolute atomic E-state index is 0.710. The van der Waals surface area contributed by atoms with Gasteiger partial charge >= 0.3 is 0 Å². The lowest BCUT2D eigenvalue weighted by Gasteiger charge is -2.17. The molecule has 0 aromatic carbocycles. The van der Waals surface area contributed by atoms with Crippen molar-refractivity contribution in [2.75, 3.05) is 20.3 Å². The highest BCUT2D eigenvalue weighted by Gasteiger charge is 2.06. The first kappa shape index (κ1) is 16.9. The Balaban J connectivity index is 3.41. The maximum Gasteiger partial charge on any atom is 0.0462 e. The van der Waals surface area contributed by atoms with Crippen molar-refractivity contribution in [3.05, 3.63) is 0 Å². The Morgan fingerprint density at radius 3 is 2.18 bits per heavy atom. The average molecular weight is 243 g/mol. The van der Waals surface area contributed by atoms with Crippen molar-refractivity contribution in [1.29, 1.82) is 0 Å². The smallest absolute Gasteiger partial charge is 0.0462 e. The van der Waals surface area contributed by atoms with Crippen LogP contribution in [0.2, 0.25) is 0 Å². The topological polar surface area (TPSA) is 21.3 Å². The molecule has 0 saturated carbocycles. The summed E-state index contributed by atoms with van der Waals surface area (Å²) < 4.78 is 5.11. The van der Waals surface area contributed by atoms with E-state index in [2.05, 4.69) is 19.2 Å². The summed E-state index contributed by atoms with van der Waals surface area (Å²) >= 11 is 0. The van der Waals surface area contributed by atoms with Crippen LogP contribution in [0.5, 0.6) is 0 Å². The van der Waals surface area contributed by atoms with Crippen molar-refractivity contribution in [2.45, 2.75) is 77.7 Å². The van der Waals surface area contributed by atoms with Gasteiger partial charge in [0.25, 0.3) is 0 Å². The van der Waals surface area contributed by atoms with Crippen LogP contribution in [0.15, 0.2) is 0 Å².